The predicted molar refractivity (Wildman–Crippen MR) is 112 cm³/mol. The molecule has 0 saturated carbocycles. The van der Waals surface area contributed by atoms with Gasteiger partial charge in [-0.3, -0.25) is 9.78 Å². The summed E-state index contributed by atoms with van der Waals surface area (Å²) in [5, 5.41) is 2.49. The predicted octanol–water partition coefficient (Wildman–Crippen LogP) is 4.15. The molecule has 10 heteroatoms. The molecular weight excluding hydrogens is 423 g/mol. The number of anilines is 2. The van der Waals surface area contributed by atoms with Gasteiger partial charge in [0.05, 0.1) is 42.6 Å². The van der Waals surface area contributed by atoms with Crippen LogP contribution in [0.5, 0.6) is 5.75 Å². The zero-order chi connectivity index (χ0) is 22.7. The molecule has 7 nitrogen and oxygen atoms in total. The molecular formula is C22H20F3N5O2. The molecule has 2 aromatic heterocycles. The van der Waals surface area contributed by atoms with Gasteiger partial charge in [-0.1, -0.05) is 0 Å². The maximum absolute atomic E-state index is 12.9. The van der Waals surface area contributed by atoms with Crippen LogP contribution in [0.3, 0.4) is 0 Å². The highest BCUT2D eigenvalue weighted by molar-refractivity contribution is 6.04. The van der Waals surface area contributed by atoms with E-state index in [0.717, 1.165) is 30.3 Å². The molecule has 32 heavy (non-hydrogen) atoms. The highest BCUT2D eigenvalue weighted by Crippen LogP contribution is 2.36. The van der Waals surface area contributed by atoms with E-state index in [0.29, 0.717) is 24.1 Å². The van der Waals surface area contributed by atoms with Crippen molar-refractivity contribution >= 4 is 17.3 Å². The Hall–Kier alpha value is -3.69. The number of ether oxygens (including phenoxy) is 1. The quantitative estimate of drug-likeness (QED) is 0.638. The number of methoxy groups -OCH3 is 1. The molecule has 1 aliphatic rings. The van der Waals surface area contributed by atoms with Crippen LogP contribution in [0.1, 0.15) is 33.8 Å². The van der Waals surface area contributed by atoms with Crippen molar-refractivity contribution in [1.82, 2.24) is 15.0 Å². The lowest BCUT2D eigenvalue weighted by molar-refractivity contribution is -0.137. The highest BCUT2D eigenvalue weighted by Gasteiger charge is 2.31. The Bertz CT molecular complexity index is 1110. The van der Waals surface area contributed by atoms with Crippen LogP contribution >= 0.6 is 0 Å². The van der Waals surface area contributed by atoms with Gasteiger partial charge in [-0.2, -0.15) is 13.2 Å². The third kappa shape index (κ3) is 4.63. The monoisotopic (exact) mass is 443 g/mol. The first kappa shape index (κ1) is 21.5. The standard InChI is InChI=1S/C22H20F3N5O2/c1-32-20-3-2-14(21(31)29-17-7-16(8-26-9-17)22(23,24)25)6-19(20)15-4-5-30(12-15)18-10-27-13-28-11-18/h2-3,6-11,13,15H,4-5,12H2,1H3,(H,29,31). The molecule has 0 bridgehead atoms. The van der Waals surface area contributed by atoms with Crippen LogP contribution in [0.15, 0.2) is 55.4 Å². The van der Waals surface area contributed by atoms with E-state index in [9.17, 15) is 18.0 Å². The van der Waals surface area contributed by atoms with Gasteiger partial charge >= 0.3 is 6.18 Å². The summed E-state index contributed by atoms with van der Waals surface area (Å²) in [7, 11) is 1.56. The van der Waals surface area contributed by atoms with Gasteiger partial charge < -0.3 is 15.0 Å². The van der Waals surface area contributed by atoms with Crippen LogP contribution in [0, 0.1) is 0 Å². The molecule has 166 valence electrons. The summed E-state index contributed by atoms with van der Waals surface area (Å²) in [5.74, 6) is 0.230. The number of hydrogen-bond acceptors (Lipinski definition) is 6. The molecule has 1 N–H and O–H groups in total. The summed E-state index contributed by atoms with van der Waals surface area (Å²) < 4.78 is 44.2. The summed E-state index contributed by atoms with van der Waals surface area (Å²) >= 11 is 0. The topological polar surface area (TPSA) is 80.2 Å². The van der Waals surface area contributed by atoms with Gasteiger partial charge in [-0.25, -0.2) is 9.97 Å². The SMILES string of the molecule is COc1ccc(C(=O)Nc2cncc(C(F)(F)F)c2)cc1C1CCN(c2cncnc2)C1. The number of carbonyl (C=O) groups excluding carboxylic acids is 1. The third-order valence-electron chi connectivity index (χ3n) is 5.36. The number of amides is 1. The number of nitrogens with zero attached hydrogens (tertiary/aromatic N) is 4. The minimum Gasteiger partial charge on any atom is -0.496 e. The van der Waals surface area contributed by atoms with Crippen molar-refractivity contribution in [3.8, 4) is 5.75 Å². The lowest BCUT2D eigenvalue weighted by Gasteiger charge is -2.19. The van der Waals surface area contributed by atoms with E-state index in [2.05, 4.69) is 25.2 Å². The van der Waals surface area contributed by atoms with Crippen molar-refractivity contribution in [2.24, 2.45) is 0 Å². The van der Waals surface area contributed by atoms with Crippen molar-refractivity contribution in [2.45, 2.75) is 18.5 Å². The zero-order valence-corrected chi connectivity index (χ0v) is 17.1. The number of halogens is 3. The minimum absolute atomic E-state index is 0.0293. The Morgan fingerprint density at radius 1 is 1.12 bits per heavy atom. The Labute approximate surface area is 182 Å². The lowest BCUT2D eigenvalue weighted by Crippen LogP contribution is -2.20. The molecule has 4 rings (SSSR count). The fourth-order valence-corrected chi connectivity index (χ4v) is 3.76. The average Bonchev–Trinajstić information content (AvgIpc) is 3.29. The van der Waals surface area contributed by atoms with Gasteiger partial charge in [-0.15, -0.1) is 0 Å². The molecule has 1 saturated heterocycles. The number of nitrogens with one attached hydrogen (secondary N) is 1. The number of alkyl halides is 3. The van der Waals surface area contributed by atoms with E-state index in [-0.39, 0.29) is 11.6 Å². The summed E-state index contributed by atoms with van der Waals surface area (Å²) in [6.07, 6.45) is 3.16. The molecule has 0 aliphatic carbocycles. The van der Waals surface area contributed by atoms with Crippen LogP contribution in [-0.2, 0) is 6.18 Å². The van der Waals surface area contributed by atoms with Crippen LogP contribution in [0.2, 0.25) is 0 Å². The van der Waals surface area contributed by atoms with Crippen LogP contribution in [-0.4, -0.2) is 41.1 Å². The number of hydrogen-bond donors (Lipinski definition) is 1. The molecule has 1 atom stereocenters. The minimum atomic E-state index is -4.54. The molecule has 1 unspecified atom stereocenters. The first-order valence-corrected chi connectivity index (χ1v) is 9.86. The first-order chi connectivity index (χ1) is 15.3. The second-order valence-corrected chi connectivity index (χ2v) is 7.40. The largest absolute Gasteiger partial charge is 0.496 e. The van der Waals surface area contributed by atoms with E-state index in [1.807, 2.05) is 0 Å². The van der Waals surface area contributed by atoms with Gasteiger partial charge in [-0.05, 0) is 36.2 Å². The number of carbonyl (C=O) groups is 1. The summed E-state index contributed by atoms with van der Waals surface area (Å²) in [5.41, 5.74) is 1.14. The number of rotatable bonds is 5. The molecule has 0 radical (unpaired) electrons. The molecule has 1 fully saturated rings. The smallest absolute Gasteiger partial charge is 0.417 e. The van der Waals surface area contributed by atoms with E-state index in [1.165, 1.54) is 12.5 Å². The van der Waals surface area contributed by atoms with Gasteiger partial charge in [0.15, 0.2) is 0 Å². The maximum atomic E-state index is 12.9. The molecule has 3 aromatic rings. The molecule has 1 aliphatic heterocycles. The summed E-state index contributed by atoms with van der Waals surface area (Å²) in [4.78, 5) is 26.6. The van der Waals surface area contributed by atoms with Crippen LogP contribution in [0.25, 0.3) is 0 Å². The fraction of sp³-hybridized carbons (Fsp3) is 0.273. The molecule has 0 spiro atoms. The Balaban J connectivity index is 1.54. The fourth-order valence-electron chi connectivity index (χ4n) is 3.76. The van der Waals surface area contributed by atoms with Gasteiger partial charge in [0.2, 0.25) is 0 Å². The maximum Gasteiger partial charge on any atom is 0.417 e. The van der Waals surface area contributed by atoms with Crippen molar-refractivity contribution in [1.29, 1.82) is 0 Å². The summed E-state index contributed by atoms with van der Waals surface area (Å²) in [6.45, 7) is 1.50. The van der Waals surface area contributed by atoms with Crippen LogP contribution < -0.4 is 15.0 Å². The number of benzene rings is 1. The number of aromatic nitrogens is 3. The lowest BCUT2D eigenvalue weighted by atomic mass is 9.95. The van der Waals surface area contributed by atoms with E-state index >= 15 is 0 Å². The van der Waals surface area contributed by atoms with Crippen molar-refractivity contribution in [3.05, 3.63) is 72.1 Å². The van der Waals surface area contributed by atoms with Crippen molar-refractivity contribution < 1.29 is 22.7 Å². The van der Waals surface area contributed by atoms with Crippen molar-refractivity contribution in [3.63, 3.8) is 0 Å². The molecule has 3 heterocycles. The Kier molecular flexibility index (Phi) is 5.93. The van der Waals surface area contributed by atoms with Crippen LogP contribution in [0.4, 0.5) is 24.5 Å². The molecule has 1 amide bonds. The number of pyridine rings is 1. The van der Waals surface area contributed by atoms with E-state index < -0.39 is 17.6 Å². The zero-order valence-electron chi connectivity index (χ0n) is 17.1. The molecule has 1 aromatic carbocycles. The average molecular weight is 443 g/mol. The first-order valence-electron chi connectivity index (χ1n) is 9.86. The van der Waals surface area contributed by atoms with Gasteiger partial charge in [0.25, 0.3) is 5.91 Å². The van der Waals surface area contributed by atoms with E-state index in [4.69, 9.17) is 4.74 Å². The normalized spacial score (nSPS) is 16.1. The van der Waals surface area contributed by atoms with Crippen molar-refractivity contribution in [2.75, 3.05) is 30.4 Å². The van der Waals surface area contributed by atoms with Gasteiger partial charge in [0.1, 0.15) is 12.1 Å². The highest BCUT2D eigenvalue weighted by atomic mass is 19.4. The Morgan fingerprint density at radius 2 is 1.91 bits per heavy atom. The second kappa shape index (κ2) is 8.81. The van der Waals surface area contributed by atoms with Gasteiger partial charge in [0, 0.05) is 30.8 Å². The Morgan fingerprint density at radius 3 is 2.62 bits per heavy atom. The second-order valence-electron chi connectivity index (χ2n) is 7.40. The summed E-state index contributed by atoms with van der Waals surface area (Å²) in [6, 6.07) is 5.86. The third-order valence-corrected chi connectivity index (χ3v) is 5.36. The van der Waals surface area contributed by atoms with E-state index in [1.54, 1.807) is 37.7 Å².